The van der Waals surface area contributed by atoms with Crippen LogP contribution in [0.5, 0.6) is 11.5 Å². The van der Waals surface area contributed by atoms with E-state index in [0.29, 0.717) is 22.6 Å². The van der Waals surface area contributed by atoms with Crippen molar-refractivity contribution in [3.8, 4) is 11.5 Å². The zero-order chi connectivity index (χ0) is 22.3. The monoisotopic (exact) mass is 415 g/mol. The van der Waals surface area contributed by atoms with Gasteiger partial charge in [-0.2, -0.15) is 10.0 Å². The van der Waals surface area contributed by atoms with Crippen molar-refractivity contribution in [2.24, 2.45) is 10.3 Å². The molecule has 6 nitrogen and oxygen atoms in total. The topological polar surface area (TPSA) is 80.1 Å². The van der Waals surface area contributed by atoms with Crippen molar-refractivity contribution in [3.05, 3.63) is 100 Å². The third-order valence-corrected chi connectivity index (χ3v) is 4.69. The first-order valence-corrected chi connectivity index (χ1v) is 9.97. The van der Waals surface area contributed by atoms with Crippen molar-refractivity contribution in [2.75, 3.05) is 6.54 Å². The molecule has 0 atom stereocenters. The summed E-state index contributed by atoms with van der Waals surface area (Å²) in [4.78, 5) is 23.3. The van der Waals surface area contributed by atoms with Crippen LogP contribution in [0.2, 0.25) is 0 Å². The molecule has 0 radical (unpaired) electrons. The van der Waals surface area contributed by atoms with Gasteiger partial charge in [0.05, 0.1) is 5.71 Å². The molecular weight excluding hydrogens is 390 g/mol. The Morgan fingerprint density at radius 3 is 2.00 bits per heavy atom. The Kier molecular flexibility index (Phi) is 6.92. The number of para-hydroxylation sites is 1. The van der Waals surface area contributed by atoms with Crippen molar-refractivity contribution < 1.29 is 9.53 Å². The third-order valence-electron chi connectivity index (χ3n) is 4.69. The maximum atomic E-state index is 12.5. The van der Waals surface area contributed by atoms with Crippen molar-refractivity contribution >= 4 is 11.6 Å². The number of hydrogen-bond acceptors (Lipinski definition) is 5. The highest BCUT2D eigenvalue weighted by molar-refractivity contribution is 6.03. The standard InChI is InChI=1S/C25H25N3O3/c1-25(2,3)20-13-9-19(10-14-20)24(29)28-27-23(17-26-30)18-11-15-22(16-12-18)31-21-7-5-4-6-8-21/h4-16H,17H2,1-3H3,(H,28,29). The Morgan fingerprint density at radius 2 is 1.42 bits per heavy atom. The molecule has 0 bridgehead atoms. The fraction of sp³-hybridized carbons (Fsp3) is 0.200. The lowest BCUT2D eigenvalue weighted by Gasteiger charge is -2.18. The highest BCUT2D eigenvalue weighted by Gasteiger charge is 2.14. The summed E-state index contributed by atoms with van der Waals surface area (Å²) in [6, 6.07) is 23.9. The van der Waals surface area contributed by atoms with Crippen molar-refractivity contribution in [2.45, 2.75) is 26.2 Å². The number of hydrogen-bond donors (Lipinski definition) is 1. The van der Waals surface area contributed by atoms with Crippen LogP contribution in [-0.4, -0.2) is 18.2 Å². The van der Waals surface area contributed by atoms with Crippen LogP contribution in [-0.2, 0) is 5.41 Å². The van der Waals surface area contributed by atoms with E-state index in [4.69, 9.17) is 4.74 Å². The Labute approximate surface area is 181 Å². The first-order valence-electron chi connectivity index (χ1n) is 9.97. The molecule has 0 saturated heterocycles. The first kappa shape index (κ1) is 21.9. The molecule has 0 aliphatic rings. The number of benzene rings is 3. The summed E-state index contributed by atoms with van der Waals surface area (Å²) in [6.07, 6.45) is 0. The fourth-order valence-electron chi connectivity index (χ4n) is 2.90. The molecule has 0 saturated carbocycles. The molecule has 0 spiro atoms. The van der Waals surface area contributed by atoms with Crippen molar-refractivity contribution in [3.63, 3.8) is 0 Å². The lowest BCUT2D eigenvalue weighted by Crippen LogP contribution is -2.21. The van der Waals surface area contributed by atoms with Crippen LogP contribution in [0.15, 0.2) is 89.1 Å². The van der Waals surface area contributed by atoms with Crippen molar-refractivity contribution in [1.82, 2.24) is 5.43 Å². The highest BCUT2D eigenvalue weighted by atomic mass is 16.5. The van der Waals surface area contributed by atoms with E-state index in [0.717, 1.165) is 11.3 Å². The summed E-state index contributed by atoms with van der Waals surface area (Å²) in [7, 11) is 0. The Hall–Kier alpha value is -3.80. The van der Waals surface area contributed by atoms with Crippen LogP contribution < -0.4 is 10.2 Å². The molecular formula is C25H25N3O3. The number of ether oxygens (including phenoxy) is 1. The van der Waals surface area contributed by atoms with E-state index in [1.807, 2.05) is 42.5 Å². The number of carbonyl (C=O) groups excluding carboxylic acids is 1. The molecule has 1 amide bonds. The molecule has 1 N–H and O–H groups in total. The van der Waals surface area contributed by atoms with E-state index in [9.17, 15) is 9.70 Å². The van der Waals surface area contributed by atoms with E-state index in [1.54, 1.807) is 36.4 Å². The first-order chi connectivity index (χ1) is 14.9. The summed E-state index contributed by atoms with van der Waals surface area (Å²) in [5.74, 6) is 1.02. The van der Waals surface area contributed by atoms with Gasteiger partial charge in [-0.3, -0.25) is 4.79 Å². The van der Waals surface area contributed by atoms with Gasteiger partial charge in [-0.05, 0) is 59.5 Å². The van der Waals surface area contributed by atoms with Gasteiger partial charge in [-0.15, -0.1) is 0 Å². The number of nitrogens with one attached hydrogen (secondary N) is 1. The normalized spacial score (nSPS) is 11.6. The summed E-state index contributed by atoms with van der Waals surface area (Å²) in [5, 5.41) is 7.06. The largest absolute Gasteiger partial charge is 0.457 e. The Bertz CT molecular complexity index is 1050. The molecule has 3 rings (SSSR count). The van der Waals surface area contributed by atoms with Gasteiger partial charge in [-0.25, -0.2) is 5.43 Å². The molecule has 158 valence electrons. The smallest absolute Gasteiger partial charge is 0.271 e. The van der Waals surface area contributed by atoms with Crippen LogP contribution >= 0.6 is 0 Å². The number of hydrazone groups is 1. The number of amides is 1. The molecule has 0 aliphatic carbocycles. The highest BCUT2D eigenvalue weighted by Crippen LogP contribution is 2.23. The molecule has 3 aromatic rings. The van der Waals surface area contributed by atoms with Gasteiger partial charge in [0.1, 0.15) is 18.0 Å². The minimum absolute atomic E-state index is 0.00630. The second-order valence-corrected chi connectivity index (χ2v) is 8.05. The van der Waals surface area contributed by atoms with Gasteiger partial charge in [0.2, 0.25) is 0 Å². The molecule has 0 unspecified atom stereocenters. The summed E-state index contributed by atoms with van der Waals surface area (Å²) >= 11 is 0. The van der Waals surface area contributed by atoms with Gasteiger partial charge in [0.15, 0.2) is 0 Å². The Morgan fingerprint density at radius 1 is 0.839 bits per heavy atom. The maximum absolute atomic E-state index is 12.5. The van der Waals surface area contributed by atoms with Crippen LogP contribution in [0, 0.1) is 4.91 Å². The molecule has 31 heavy (non-hydrogen) atoms. The number of nitrogens with zero attached hydrogens (tertiary/aromatic N) is 2. The number of nitroso groups, excluding NO2 is 1. The predicted molar refractivity (Wildman–Crippen MR) is 123 cm³/mol. The second-order valence-electron chi connectivity index (χ2n) is 8.05. The molecule has 0 fully saturated rings. The van der Waals surface area contributed by atoms with E-state index in [2.05, 4.69) is 36.5 Å². The van der Waals surface area contributed by atoms with Crippen molar-refractivity contribution in [1.29, 1.82) is 0 Å². The van der Waals surface area contributed by atoms with Gasteiger partial charge in [0, 0.05) is 11.1 Å². The lowest BCUT2D eigenvalue weighted by molar-refractivity contribution is 0.0954. The van der Waals surface area contributed by atoms with Crippen LogP contribution in [0.1, 0.15) is 42.3 Å². The number of rotatable bonds is 7. The minimum Gasteiger partial charge on any atom is -0.457 e. The van der Waals surface area contributed by atoms with E-state index >= 15 is 0 Å². The fourth-order valence-corrected chi connectivity index (χ4v) is 2.90. The predicted octanol–water partition coefficient (Wildman–Crippen LogP) is 5.68. The quantitative estimate of drug-likeness (QED) is 0.306. The SMILES string of the molecule is CC(C)(C)c1ccc(C(=O)NN=C(CN=O)c2ccc(Oc3ccccc3)cc2)cc1. The molecule has 6 heteroatoms. The third kappa shape index (κ3) is 6.09. The summed E-state index contributed by atoms with van der Waals surface area (Å²) in [6.45, 7) is 6.17. The van der Waals surface area contributed by atoms with Crippen LogP contribution in [0.3, 0.4) is 0 Å². The zero-order valence-corrected chi connectivity index (χ0v) is 17.8. The maximum Gasteiger partial charge on any atom is 0.271 e. The average molecular weight is 415 g/mol. The van der Waals surface area contributed by atoms with Gasteiger partial charge in [0.25, 0.3) is 5.91 Å². The molecule has 0 aromatic heterocycles. The van der Waals surface area contributed by atoms with Gasteiger partial charge < -0.3 is 4.74 Å². The van der Waals surface area contributed by atoms with Gasteiger partial charge in [-0.1, -0.05) is 56.3 Å². The van der Waals surface area contributed by atoms with E-state index in [-0.39, 0.29) is 17.9 Å². The zero-order valence-electron chi connectivity index (χ0n) is 17.8. The van der Waals surface area contributed by atoms with E-state index in [1.165, 1.54) is 0 Å². The Balaban J connectivity index is 1.70. The van der Waals surface area contributed by atoms with Crippen LogP contribution in [0.25, 0.3) is 0 Å². The molecule has 0 heterocycles. The molecule has 3 aromatic carbocycles. The van der Waals surface area contributed by atoms with Crippen LogP contribution in [0.4, 0.5) is 0 Å². The average Bonchev–Trinajstić information content (AvgIpc) is 2.77. The van der Waals surface area contributed by atoms with Gasteiger partial charge >= 0.3 is 0 Å². The summed E-state index contributed by atoms with van der Waals surface area (Å²) < 4.78 is 5.77. The minimum atomic E-state index is -0.354. The molecule has 0 aliphatic heterocycles. The summed E-state index contributed by atoms with van der Waals surface area (Å²) in [5.41, 5.74) is 5.18. The number of carbonyl (C=O) groups is 1. The lowest BCUT2D eigenvalue weighted by atomic mass is 9.87. The second kappa shape index (κ2) is 9.80. The van der Waals surface area contributed by atoms with E-state index < -0.39 is 0 Å².